The second kappa shape index (κ2) is 9.30. The first-order valence-corrected chi connectivity index (χ1v) is 14.2. The predicted molar refractivity (Wildman–Crippen MR) is 164 cm³/mol. The van der Waals surface area contributed by atoms with E-state index >= 15 is 0 Å². The van der Waals surface area contributed by atoms with Crippen molar-refractivity contribution in [1.29, 1.82) is 0 Å². The van der Waals surface area contributed by atoms with Gasteiger partial charge in [-0.1, -0.05) is 72.8 Å². The number of H-pyrrole nitrogens is 1. The van der Waals surface area contributed by atoms with Crippen LogP contribution >= 0.6 is 0 Å². The van der Waals surface area contributed by atoms with E-state index in [1.165, 1.54) is 44.3 Å². The molecular formula is C35H29N5O. The highest BCUT2D eigenvalue weighted by Crippen LogP contribution is 2.46. The van der Waals surface area contributed by atoms with Crippen molar-refractivity contribution in [1.82, 2.24) is 20.1 Å². The summed E-state index contributed by atoms with van der Waals surface area (Å²) < 4.78 is 0. The van der Waals surface area contributed by atoms with Crippen LogP contribution in [0.1, 0.15) is 28.9 Å². The maximum atomic E-state index is 13.4. The third kappa shape index (κ3) is 3.90. The maximum Gasteiger partial charge on any atom is 0.276 e. The second-order valence-electron chi connectivity index (χ2n) is 11.3. The minimum atomic E-state index is -0.0454. The van der Waals surface area contributed by atoms with Gasteiger partial charge < -0.3 is 10.2 Å². The Morgan fingerprint density at radius 2 is 1.59 bits per heavy atom. The number of piperidine rings is 1. The van der Waals surface area contributed by atoms with E-state index in [1.807, 2.05) is 17.0 Å². The van der Waals surface area contributed by atoms with E-state index in [0.29, 0.717) is 24.3 Å². The molecule has 6 nitrogen and oxygen atoms in total. The van der Waals surface area contributed by atoms with E-state index in [0.717, 1.165) is 24.9 Å². The number of anilines is 1. The first-order chi connectivity index (χ1) is 20.2. The number of carbonyl (C=O) groups is 1. The Morgan fingerprint density at radius 1 is 0.805 bits per heavy atom. The molecule has 2 N–H and O–H groups in total. The summed E-state index contributed by atoms with van der Waals surface area (Å²) in [6.07, 6.45) is 3.53. The van der Waals surface area contributed by atoms with Crippen molar-refractivity contribution in [2.75, 3.05) is 25.0 Å². The summed E-state index contributed by atoms with van der Waals surface area (Å²) in [5.41, 5.74) is 9.36. The summed E-state index contributed by atoms with van der Waals surface area (Å²) in [7, 11) is 0. The topological polar surface area (TPSA) is 73.9 Å². The highest BCUT2D eigenvalue weighted by Gasteiger charge is 2.42. The fourth-order valence-corrected chi connectivity index (χ4v) is 6.73. The molecule has 4 aromatic carbocycles. The molecule has 1 fully saturated rings. The van der Waals surface area contributed by atoms with E-state index in [1.54, 1.807) is 6.20 Å². The third-order valence-electron chi connectivity index (χ3n) is 9.06. The number of pyridine rings is 1. The van der Waals surface area contributed by atoms with Crippen LogP contribution in [0.15, 0.2) is 103 Å². The molecule has 41 heavy (non-hydrogen) atoms. The number of likely N-dealkylation sites (tertiary alicyclic amines) is 1. The lowest BCUT2D eigenvalue weighted by Gasteiger charge is -2.39. The van der Waals surface area contributed by atoms with Gasteiger partial charge in [0.05, 0.1) is 5.52 Å². The number of nitrogens with zero attached hydrogens (tertiary/aromatic N) is 3. The third-order valence-corrected chi connectivity index (χ3v) is 9.06. The Kier molecular flexibility index (Phi) is 5.42. The van der Waals surface area contributed by atoms with E-state index in [-0.39, 0.29) is 11.3 Å². The number of hydrogen-bond donors (Lipinski definition) is 2. The summed E-state index contributed by atoms with van der Waals surface area (Å²) in [5, 5.41) is 13.4. The molecule has 0 radical (unpaired) electrons. The first kappa shape index (κ1) is 23.9. The molecule has 200 valence electrons. The van der Waals surface area contributed by atoms with Crippen molar-refractivity contribution in [2.24, 2.45) is 0 Å². The van der Waals surface area contributed by atoms with Gasteiger partial charge in [-0.25, -0.2) is 0 Å². The summed E-state index contributed by atoms with van der Waals surface area (Å²) in [6.45, 7) is 2.30. The van der Waals surface area contributed by atoms with Crippen LogP contribution in [0.2, 0.25) is 0 Å². The van der Waals surface area contributed by atoms with Crippen LogP contribution in [0.3, 0.4) is 0 Å². The molecule has 2 aliphatic heterocycles. The normalized spacial score (nSPS) is 15.8. The molecule has 0 saturated carbocycles. The summed E-state index contributed by atoms with van der Waals surface area (Å²) in [6, 6.07) is 34.5. The van der Waals surface area contributed by atoms with Crippen molar-refractivity contribution in [3.63, 3.8) is 0 Å². The highest BCUT2D eigenvalue weighted by atomic mass is 16.2. The molecule has 8 rings (SSSR count). The number of aromatic nitrogens is 3. The van der Waals surface area contributed by atoms with Crippen LogP contribution in [-0.2, 0) is 5.41 Å². The van der Waals surface area contributed by atoms with Crippen molar-refractivity contribution < 1.29 is 4.79 Å². The van der Waals surface area contributed by atoms with Crippen molar-refractivity contribution in [3.05, 3.63) is 115 Å². The van der Waals surface area contributed by atoms with Crippen molar-refractivity contribution in [3.8, 4) is 22.3 Å². The number of fused-ring (bicyclic) bond motifs is 4. The molecular weight excluding hydrogens is 506 g/mol. The zero-order valence-corrected chi connectivity index (χ0v) is 22.6. The lowest BCUT2D eigenvalue weighted by atomic mass is 9.73. The van der Waals surface area contributed by atoms with Gasteiger partial charge >= 0.3 is 0 Å². The molecule has 2 aliphatic rings. The van der Waals surface area contributed by atoms with Gasteiger partial charge in [0.1, 0.15) is 5.52 Å². The molecule has 2 aromatic heterocycles. The van der Waals surface area contributed by atoms with E-state index < -0.39 is 0 Å². The van der Waals surface area contributed by atoms with Crippen LogP contribution < -0.4 is 5.32 Å². The lowest BCUT2D eigenvalue weighted by Crippen LogP contribution is -2.46. The molecule has 0 bridgehead atoms. The molecule has 0 unspecified atom stereocenters. The largest absolute Gasteiger partial charge is 0.384 e. The van der Waals surface area contributed by atoms with E-state index in [9.17, 15) is 4.79 Å². The number of hydrogen-bond acceptors (Lipinski definition) is 4. The van der Waals surface area contributed by atoms with Crippen LogP contribution in [-0.4, -0.2) is 45.6 Å². The first-order valence-electron chi connectivity index (χ1n) is 14.2. The van der Waals surface area contributed by atoms with Gasteiger partial charge in [-0.3, -0.25) is 14.9 Å². The highest BCUT2D eigenvalue weighted by molar-refractivity contribution is 6.03. The van der Waals surface area contributed by atoms with Gasteiger partial charge in [0, 0.05) is 36.9 Å². The lowest BCUT2D eigenvalue weighted by molar-refractivity contribution is 0.0672. The van der Waals surface area contributed by atoms with Crippen LogP contribution in [0.25, 0.3) is 44.1 Å². The number of benzene rings is 4. The zero-order valence-electron chi connectivity index (χ0n) is 22.6. The quantitative estimate of drug-likeness (QED) is 0.255. The van der Waals surface area contributed by atoms with Gasteiger partial charge in [0.15, 0.2) is 5.69 Å². The molecule has 6 heteroatoms. The zero-order chi connectivity index (χ0) is 27.4. The Bertz CT molecular complexity index is 1930. The van der Waals surface area contributed by atoms with Gasteiger partial charge in [-0.2, -0.15) is 5.10 Å². The second-order valence-corrected chi connectivity index (χ2v) is 11.3. The van der Waals surface area contributed by atoms with Crippen LogP contribution in [0.4, 0.5) is 5.69 Å². The predicted octanol–water partition coefficient (Wildman–Crippen LogP) is 7.04. The van der Waals surface area contributed by atoms with Crippen LogP contribution in [0, 0.1) is 0 Å². The maximum absolute atomic E-state index is 13.4. The Hall–Kier alpha value is -4.97. The number of aromatic amines is 1. The Morgan fingerprint density at radius 3 is 2.46 bits per heavy atom. The monoisotopic (exact) mass is 535 g/mol. The fourth-order valence-electron chi connectivity index (χ4n) is 6.73. The van der Waals surface area contributed by atoms with Gasteiger partial charge in [-0.15, -0.1) is 0 Å². The van der Waals surface area contributed by atoms with Crippen molar-refractivity contribution >= 4 is 33.4 Å². The summed E-state index contributed by atoms with van der Waals surface area (Å²) >= 11 is 0. The average Bonchev–Trinajstić information content (AvgIpc) is 3.63. The number of nitrogens with one attached hydrogen (secondary N) is 2. The van der Waals surface area contributed by atoms with Crippen LogP contribution in [0.5, 0.6) is 0 Å². The molecule has 1 spiro atoms. The summed E-state index contributed by atoms with van der Waals surface area (Å²) in [5.74, 6) is -0.0454. The smallest absolute Gasteiger partial charge is 0.276 e. The van der Waals surface area contributed by atoms with Gasteiger partial charge in [0.2, 0.25) is 0 Å². The number of amides is 1. The molecule has 0 aliphatic carbocycles. The molecule has 1 saturated heterocycles. The standard InChI is InChI=1S/C35H29N5O/c41-34(33-32-31(38-39-33)9-4-18-36-32)40-19-16-35(17-20-40)22-37-30-15-14-26(21-29(30)35)23-10-12-25(13-11-23)28-8-3-6-24-5-1-2-7-27(24)28/h1-15,18,21,37H,16-17,19-20,22H2,(H,38,39). The van der Waals surface area contributed by atoms with Gasteiger partial charge in [-0.05, 0) is 75.7 Å². The minimum absolute atomic E-state index is 0.0247. The number of rotatable bonds is 3. The van der Waals surface area contributed by atoms with Crippen molar-refractivity contribution in [2.45, 2.75) is 18.3 Å². The Balaban J connectivity index is 1.04. The molecule has 6 aromatic rings. The SMILES string of the molecule is O=C(c1n[nH]c2cccnc12)N1CCC2(CC1)CNc1ccc(-c3ccc(-c4cccc5ccccc45)cc3)cc12. The molecule has 0 atom stereocenters. The molecule has 1 amide bonds. The molecule has 4 heterocycles. The van der Waals surface area contributed by atoms with E-state index in [4.69, 9.17) is 0 Å². The summed E-state index contributed by atoms with van der Waals surface area (Å²) in [4.78, 5) is 19.7. The number of carbonyl (C=O) groups excluding carboxylic acids is 1. The minimum Gasteiger partial charge on any atom is -0.384 e. The average molecular weight is 536 g/mol. The van der Waals surface area contributed by atoms with Gasteiger partial charge in [0.25, 0.3) is 5.91 Å². The fraction of sp³-hybridized carbons (Fsp3) is 0.171. The Labute approximate surface area is 238 Å². The van der Waals surface area contributed by atoms with E-state index in [2.05, 4.69) is 105 Å².